The van der Waals surface area contributed by atoms with Crippen molar-refractivity contribution in [1.29, 1.82) is 0 Å². The van der Waals surface area contributed by atoms with E-state index in [0.29, 0.717) is 13.1 Å². The van der Waals surface area contributed by atoms with Gasteiger partial charge in [0, 0.05) is 12.2 Å². The van der Waals surface area contributed by atoms with Gasteiger partial charge in [-0.2, -0.15) is 5.10 Å². The number of hydrogen-bond donors (Lipinski definition) is 1. The third-order valence-corrected chi connectivity index (χ3v) is 4.60. The number of rotatable bonds is 5. The largest absolute Gasteiger partial charge is 0.352 e. The first-order valence-electron chi connectivity index (χ1n) is 8.15. The van der Waals surface area contributed by atoms with Crippen LogP contribution in [0.4, 0.5) is 0 Å². The summed E-state index contributed by atoms with van der Waals surface area (Å²) in [6.07, 6.45) is 6.30. The Balaban J connectivity index is 1.66. The fourth-order valence-electron chi connectivity index (χ4n) is 3.40. The molecule has 1 amide bonds. The molecule has 1 N–H and O–H groups in total. The zero-order valence-corrected chi connectivity index (χ0v) is 13.7. The molecule has 8 nitrogen and oxygen atoms in total. The fraction of sp³-hybridized carbons (Fsp3) is 0.667. The molecular formula is C15H23N7O. The summed E-state index contributed by atoms with van der Waals surface area (Å²) in [5.74, 6) is 0.00558. The Morgan fingerprint density at radius 1 is 1.30 bits per heavy atom. The maximum absolute atomic E-state index is 12.8. The second kappa shape index (κ2) is 6.47. The minimum absolute atomic E-state index is 0.00558. The molecule has 2 aromatic heterocycles. The maximum Gasteiger partial charge on any atom is 0.248 e. The molecule has 0 saturated heterocycles. The molecule has 0 atom stereocenters. The van der Waals surface area contributed by atoms with Crippen LogP contribution in [0.15, 0.2) is 12.4 Å². The standard InChI is InChI=1S/C15H23N7O/c1-12-10-13(2)21(18-12)9-8-16-14(23)15(6-4-3-5-7-15)22-11-17-19-20-22/h10-11H,3-9H2,1-2H3,(H,16,23). The van der Waals surface area contributed by atoms with Crippen molar-refractivity contribution in [2.75, 3.05) is 6.54 Å². The van der Waals surface area contributed by atoms with Crippen molar-refractivity contribution < 1.29 is 4.79 Å². The number of amides is 1. The molecular weight excluding hydrogens is 294 g/mol. The van der Waals surface area contributed by atoms with Crippen LogP contribution in [0.2, 0.25) is 0 Å². The van der Waals surface area contributed by atoms with Gasteiger partial charge in [0.2, 0.25) is 5.91 Å². The average Bonchev–Trinajstić information content (AvgIpc) is 3.18. The van der Waals surface area contributed by atoms with Gasteiger partial charge in [-0.15, -0.1) is 5.10 Å². The maximum atomic E-state index is 12.8. The van der Waals surface area contributed by atoms with Crippen LogP contribution in [0.25, 0.3) is 0 Å². The van der Waals surface area contributed by atoms with Gasteiger partial charge in [0.15, 0.2) is 0 Å². The van der Waals surface area contributed by atoms with Crippen LogP contribution < -0.4 is 5.32 Å². The van der Waals surface area contributed by atoms with Crippen LogP contribution >= 0.6 is 0 Å². The number of aromatic nitrogens is 6. The van der Waals surface area contributed by atoms with Crippen molar-refractivity contribution in [3.63, 3.8) is 0 Å². The molecule has 0 bridgehead atoms. The Hall–Kier alpha value is -2.25. The van der Waals surface area contributed by atoms with Gasteiger partial charge in [0.25, 0.3) is 0 Å². The van der Waals surface area contributed by atoms with Gasteiger partial charge in [0.05, 0.1) is 12.2 Å². The smallest absolute Gasteiger partial charge is 0.248 e. The zero-order chi connectivity index (χ0) is 16.3. The van der Waals surface area contributed by atoms with E-state index in [-0.39, 0.29) is 5.91 Å². The van der Waals surface area contributed by atoms with Crippen LogP contribution in [-0.4, -0.2) is 42.4 Å². The molecule has 0 radical (unpaired) electrons. The summed E-state index contributed by atoms with van der Waals surface area (Å²) in [4.78, 5) is 12.8. The Morgan fingerprint density at radius 3 is 2.70 bits per heavy atom. The van der Waals surface area contributed by atoms with Gasteiger partial charge in [0.1, 0.15) is 11.9 Å². The van der Waals surface area contributed by atoms with Gasteiger partial charge in [-0.05, 0) is 43.2 Å². The topological polar surface area (TPSA) is 90.5 Å². The lowest BCUT2D eigenvalue weighted by molar-refractivity contribution is -0.132. The molecule has 0 spiro atoms. The SMILES string of the molecule is Cc1cc(C)n(CCNC(=O)C2(n3cnnn3)CCCCC2)n1. The lowest BCUT2D eigenvalue weighted by atomic mass is 9.81. The van der Waals surface area contributed by atoms with Crippen molar-refractivity contribution in [3.05, 3.63) is 23.8 Å². The van der Waals surface area contributed by atoms with Crippen LogP contribution in [0.1, 0.15) is 43.5 Å². The van der Waals surface area contributed by atoms with E-state index >= 15 is 0 Å². The molecule has 1 aliphatic carbocycles. The summed E-state index contributed by atoms with van der Waals surface area (Å²) in [5.41, 5.74) is 1.45. The quantitative estimate of drug-likeness (QED) is 0.887. The predicted octanol–water partition coefficient (Wildman–Crippen LogP) is 0.962. The summed E-state index contributed by atoms with van der Waals surface area (Å²) in [5, 5.41) is 18.9. The minimum atomic E-state index is -0.642. The van der Waals surface area contributed by atoms with Gasteiger partial charge in [-0.1, -0.05) is 19.3 Å². The second-order valence-corrected chi connectivity index (χ2v) is 6.25. The molecule has 8 heteroatoms. The van der Waals surface area contributed by atoms with Crippen molar-refractivity contribution in [1.82, 2.24) is 35.3 Å². The van der Waals surface area contributed by atoms with E-state index in [9.17, 15) is 4.79 Å². The van der Waals surface area contributed by atoms with Gasteiger partial charge in [-0.25, -0.2) is 4.68 Å². The van der Waals surface area contributed by atoms with Gasteiger partial charge < -0.3 is 5.32 Å². The Morgan fingerprint density at radius 2 is 2.09 bits per heavy atom. The zero-order valence-electron chi connectivity index (χ0n) is 13.7. The van der Waals surface area contributed by atoms with E-state index in [1.807, 2.05) is 24.6 Å². The number of hydrogen-bond acceptors (Lipinski definition) is 5. The predicted molar refractivity (Wildman–Crippen MR) is 83.6 cm³/mol. The van der Waals surface area contributed by atoms with Crippen molar-refractivity contribution in [2.24, 2.45) is 0 Å². The number of nitrogens with zero attached hydrogens (tertiary/aromatic N) is 6. The number of carbonyl (C=O) groups excluding carboxylic acids is 1. The third-order valence-electron chi connectivity index (χ3n) is 4.60. The summed E-state index contributed by atoms with van der Waals surface area (Å²) in [7, 11) is 0. The average molecular weight is 317 g/mol. The normalized spacial score (nSPS) is 17.1. The Bertz CT molecular complexity index is 655. The van der Waals surface area contributed by atoms with E-state index in [1.54, 1.807) is 11.0 Å². The highest BCUT2D eigenvalue weighted by Crippen LogP contribution is 2.34. The third kappa shape index (κ3) is 3.11. The molecule has 124 valence electrons. The molecule has 23 heavy (non-hydrogen) atoms. The van der Waals surface area contributed by atoms with Crippen molar-refractivity contribution >= 4 is 5.91 Å². The summed E-state index contributed by atoms with van der Waals surface area (Å²) in [6, 6.07) is 2.03. The van der Waals surface area contributed by atoms with E-state index in [0.717, 1.165) is 43.5 Å². The number of nitrogens with one attached hydrogen (secondary N) is 1. The minimum Gasteiger partial charge on any atom is -0.352 e. The van der Waals surface area contributed by atoms with Gasteiger partial charge in [-0.3, -0.25) is 9.48 Å². The van der Waals surface area contributed by atoms with Gasteiger partial charge >= 0.3 is 0 Å². The molecule has 0 aromatic carbocycles. The number of carbonyl (C=O) groups is 1. The first-order chi connectivity index (χ1) is 11.1. The van der Waals surface area contributed by atoms with E-state index in [4.69, 9.17) is 0 Å². The fourth-order valence-corrected chi connectivity index (χ4v) is 3.40. The van der Waals surface area contributed by atoms with Crippen molar-refractivity contribution in [3.8, 4) is 0 Å². The Kier molecular flexibility index (Phi) is 4.40. The highest BCUT2D eigenvalue weighted by atomic mass is 16.2. The molecule has 1 aliphatic rings. The molecule has 2 aromatic rings. The lowest BCUT2D eigenvalue weighted by Crippen LogP contribution is -2.51. The van der Waals surface area contributed by atoms with Crippen LogP contribution in [0.3, 0.4) is 0 Å². The lowest BCUT2D eigenvalue weighted by Gasteiger charge is -2.35. The summed E-state index contributed by atoms with van der Waals surface area (Å²) < 4.78 is 3.55. The van der Waals surface area contributed by atoms with E-state index in [1.165, 1.54) is 0 Å². The monoisotopic (exact) mass is 317 g/mol. The molecule has 3 rings (SSSR count). The van der Waals surface area contributed by atoms with E-state index in [2.05, 4.69) is 25.9 Å². The molecule has 0 aliphatic heterocycles. The first-order valence-corrected chi connectivity index (χ1v) is 8.15. The number of tetrazole rings is 1. The van der Waals surface area contributed by atoms with Crippen LogP contribution in [0.5, 0.6) is 0 Å². The summed E-state index contributed by atoms with van der Waals surface area (Å²) in [6.45, 7) is 5.20. The van der Waals surface area contributed by atoms with Crippen molar-refractivity contribution in [2.45, 2.75) is 58.0 Å². The summed E-state index contributed by atoms with van der Waals surface area (Å²) >= 11 is 0. The van der Waals surface area contributed by atoms with Crippen LogP contribution in [0, 0.1) is 13.8 Å². The Labute approximate surface area is 135 Å². The molecule has 1 fully saturated rings. The molecule has 2 heterocycles. The van der Waals surface area contributed by atoms with Crippen LogP contribution in [-0.2, 0) is 16.9 Å². The second-order valence-electron chi connectivity index (χ2n) is 6.25. The highest BCUT2D eigenvalue weighted by Gasteiger charge is 2.42. The number of aryl methyl sites for hydroxylation is 2. The first kappa shape index (κ1) is 15.6. The highest BCUT2D eigenvalue weighted by molar-refractivity contribution is 5.84. The molecule has 1 saturated carbocycles. The molecule has 0 unspecified atom stereocenters. The van der Waals surface area contributed by atoms with E-state index < -0.39 is 5.54 Å².